The zero-order chi connectivity index (χ0) is 19.6. The second kappa shape index (κ2) is 7.67. The Morgan fingerprint density at radius 2 is 2.11 bits per heavy atom. The Kier molecular flexibility index (Phi) is 5.08. The number of rotatable bonds is 6. The maximum atomic E-state index is 12.6. The number of carbonyl (C=O) groups is 2. The summed E-state index contributed by atoms with van der Waals surface area (Å²) in [4.78, 5) is 40.5. The summed E-state index contributed by atoms with van der Waals surface area (Å²) in [6, 6.07) is 1.90. The third-order valence-corrected chi connectivity index (χ3v) is 6.05. The molecule has 1 saturated carbocycles. The number of aromatic amines is 1. The molecule has 0 radical (unpaired) electrons. The maximum Gasteiger partial charge on any atom is 0.306 e. The quantitative estimate of drug-likeness (QED) is 0.614. The topological polar surface area (TPSA) is 110 Å². The van der Waals surface area contributed by atoms with Gasteiger partial charge < -0.3 is 15.0 Å². The zero-order valence-electron chi connectivity index (χ0n) is 15.5. The van der Waals surface area contributed by atoms with E-state index in [9.17, 15) is 9.59 Å². The van der Waals surface area contributed by atoms with Crippen LogP contribution in [0.1, 0.15) is 38.5 Å². The van der Waals surface area contributed by atoms with E-state index in [-0.39, 0.29) is 23.7 Å². The summed E-state index contributed by atoms with van der Waals surface area (Å²) < 4.78 is 4.82. The van der Waals surface area contributed by atoms with Gasteiger partial charge in [-0.1, -0.05) is 12.8 Å². The fraction of sp³-hybridized carbons (Fsp3) is 0.421. The molecule has 0 aliphatic heterocycles. The lowest BCUT2D eigenvalue weighted by atomic mass is 9.79. The molecule has 28 heavy (non-hydrogen) atoms. The van der Waals surface area contributed by atoms with Gasteiger partial charge >= 0.3 is 5.97 Å². The van der Waals surface area contributed by atoms with Crippen LogP contribution in [0.2, 0.25) is 0 Å². The number of amides is 1. The van der Waals surface area contributed by atoms with Gasteiger partial charge in [0, 0.05) is 23.4 Å². The number of ether oxygens (including phenoxy) is 1. The first-order chi connectivity index (χ1) is 13.6. The minimum Gasteiger partial charge on any atom is -0.469 e. The van der Waals surface area contributed by atoms with E-state index in [0.717, 1.165) is 42.4 Å². The predicted molar refractivity (Wildman–Crippen MR) is 106 cm³/mol. The molecule has 3 heterocycles. The second-order valence-corrected chi connectivity index (χ2v) is 8.04. The van der Waals surface area contributed by atoms with E-state index in [1.807, 2.05) is 11.4 Å². The summed E-state index contributed by atoms with van der Waals surface area (Å²) in [6.07, 6.45) is 7.68. The van der Waals surface area contributed by atoms with Gasteiger partial charge in [-0.05, 0) is 24.3 Å². The molecule has 3 aromatic rings. The van der Waals surface area contributed by atoms with Crippen LogP contribution < -0.4 is 5.32 Å². The monoisotopic (exact) mass is 399 g/mol. The lowest BCUT2D eigenvalue weighted by Crippen LogP contribution is -2.28. The summed E-state index contributed by atoms with van der Waals surface area (Å²) in [7, 11) is 1.39. The normalized spacial score (nSPS) is 15.6. The van der Waals surface area contributed by atoms with E-state index in [0.29, 0.717) is 17.2 Å². The van der Waals surface area contributed by atoms with Crippen LogP contribution in [0, 0.1) is 5.41 Å². The van der Waals surface area contributed by atoms with Crippen LogP contribution in [0.5, 0.6) is 0 Å². The fourth-order valence-corrected chi connectivity index (χ4v) is 4.65. The highest BCUT2D eigenvalue weighted by Crippen LogP contribution is 2.44. The van der Waals surface area contributed by atoms with E-state index in [1.54, 1.807) is 6.20 Å². The third kappa shape index (κ3) is 3.75. The average Bonchev–Trinajstić information content (AvgIpc) is 3.42. The first-order valence-corrected chi connectivity index (χ1v) is 10.1. The highest BCUT2D eigenvalue weighted by molar-refractivity contribution is 7.14. The third-order valence-electron chi connectivity index (χ3n) is 5.29. The van der Waals surface area contributed by atoms with Crippen molar-refractivity contribution in [3.05, 3.63) is 24.0 Å². The molecule has 0 bridgehead atoms. The van der Waals surface area contributed by atoms with Crippen LogP contribution in [0.15, 0.2) is 24.0 Å². The highest BCUT2D eigenvalue weighted by atomic mass is 32.1. The maximum absolute atomic E-state index is 12.6. The van der Waals surface area contributed by atoms with Crippen LogP contribution in [0.4, 0.5) is 5.13 Å². The van der Waals surface area contributed by atoms with Crippen molar-refractivity contribution in [1.82, 2.24) is 19.9 Å². The van der Waals surface area contributed by atoms with Gasteiger partial charge in [0.05, 0.1) is 13.5 Å². The van der Waals surface area contributed by atoms with Crippen molar-refractivity contribution in [3.8, 4) is 11.4 Å². The molecular formula is C19H21N5O3S. The van der Waals surface area contributed by atoms with Crippen molar-refractivity contribution in [2.24, 2.45) is 5.41 Å². The number of methoxy groups -OCH3 is 1. The molecule has 1 fully saturated rings. The van der Waals surface area contributed by atoms with Crippen LogP contribution in [0.25, 0.3) is 22.4 Å². The van der Waals surface area contributed by atoms with Gasteiger partial charge in [-0.15, -0.1) is 11.3 Å². The van der Waals surface area contributed by atoms with Gasteiger partial charge in [0.15, 0.2) is 5.13 Å². The minimum atomic E-state index is -0.304. The number of anilines is 1. The molecular weight excluding hydrogens is 378 g/mol. The van der Waals surface area contributed by atoms with Crippen LogP contribution in [0.3, 0.4) is 0 Å². The molecule has 4 rings (SSSR count). The van der Waals surface area contributed by atoms with Gasteiger partial charge in [0.1, 0.15) is 23.4 Å². The van der Waals surface area contributed by atoms with Gasteiger partial charge in [-0.25, -0.2) is 15.0 Å². The average molecular weight is 399 g/mol. The van der Waals surface area contributed by atoms with Crippen LogP contribution >= 0.6 is 11.3 Å². The Hall–Kier alpha value is -2.81. The van der Waals surface area contributed by atoms with Crippen LogP contribution in [-0.4, -0.2) is 38.9 Å². The standard InChI is InChI=1S/C19H21N5O3S/c1-27-15(26)9-19(5-2-3-6-19)8-14(25)24-18-23-13(10-28-18)16-12-4-7-20-17(12)22-11-21-16/h4,7,10-11H,2-3,5-6,8-9H2,1H3,(H,20,21,22)(H,23,24,25). The van der Waals surface area contributed by atoms with E-state index in [4.69, 9.17) is 4.74 Å². The number of hydrogen-bond acceptors (Lipinski definition) is 7. The van der Waals surface area contributed by atoms with Crippen molar-refractivity contribution >= 4 is 39.4 Å². The molecule has 0 spiro atoms. The SMILES string of the molecule is COC(=O)CC1(CC(=O)Nc2nc(-c3ncnc4[nH]ccc34)cs2)CCCC1. The van der Waals surface area contributed by atoms with Crippen LogP contribution in [-0.2, 0) is 14.3 Å². The number of H-pyrrole nitrogens is 1. The van der Waals surface area contributed by atoms with E-state index in [2.05, 4.69) is 25.3 Å². The molecule has 0 saturated heterocycles. The van der Waals surface area contributed by atoms with Gasteiger partial charge in [-0.2, -0.15) is 0 Å². The van der Waals surface area contributed by atoms with Crippen molar-refractivity contribution in [2.75, 3.05) is 12.4 Å². The molecule has 1 aliphatic carbocycles. The lowest BCUT2D eigenvalue weighted by molar-refractivity contribution is -0.143. The summed E-state index contributed by atoms with van der Waals surface area (Å²) in [5.41, 5.74) is 1.86. The van der Waals surface area contributed by atoms with Gasteiger partial charge in [0.2, 0.25) is 5.91 Å². The molecule has 8 nitrogen and oxygen atoms in total. The minimum absolute atomic E-state index is 0.124. The van der Waals surface area contributed by atoms with Crippen molar-refractivity contribution in [2.45, 2.75) is 38.5 Å². The molecule has 0 atom stereocenters. The Morgan fingerprint density at radius 3 is 2.89 bits per heavy atom. The zero-order valence-corrected chi connectivity index (χ0v) is 16.3. The van der Waals surface area contributed by atoms with E-state index >= 15 is 0 Å². The second-order valence-electron chi connectivity index (χ2n) is 7.19. The molecule has 146 valence electrons. The number of carbonyl (C=O) groups excluding carboxylic acids is 2. The molecule has 0 unspecified atom stereocenters. The van der Waals surface area contributed by atoms with Crippen molar-refractivity contribution in [1.29, 1.82) is 0 Å². The first kappa shape index (κ1) is 18.5. The summed E-state index contributed by atoms with van der Waals surface area (Å²) in [5, 5.41) is 6.15. The van der Waals surface area contributed by atoms with Gasteiger partial charge in [-0.3, -0.25) is 9.59 Å². The number of nitrogens with one attached hydrogen (secondary N) is 2. The summed E-state index contributed by atoms with van der Waals surface area (Å²) >= 11 is 1.35. The number of nitrogens with zero attached hydrogens (tertiary/aromatic N) is 3. The Morgan fingerprint density at radius 1 is 1.29 bits per heavy atom. The Bertz CT molecular complexity index is 1010. The molecule has 3 aromatic heterocycles. The number of fused-ring (bicyclic) bond motifs is 1. The fourth-order valence-electron chi connectivity index (χ4n) is 3.94. The molecule has 2 N–H and O–H groups in total. The first-order valence-electron chi connectivity index (χ1n) is 9.19. The predicted octanol–water partition coefficient (Wildman–Crippen LogP) is 3.53. The number of hydrogen-bond donors (Lipinski definition) is 2. The summed E-state index contributed by atoms with van der Waals surface area (Å²) in [5.74, 6) is -0.383. The molecule has 0 aromatic carbocycles. The number of aromatic nitrogens is 4. The van der Waals surface area contributed by atoms with Crippen molar-refractivity contribution in [3.63, 3.8) is 0 Å². The van der Waals surface area contributed by atoms with Gasteiger partial charge in [0.25, 0.3) is 0 Å². The number of esters is 1. The van der Waals surface area contributed by atoms with Crippen molar-refractivity contribution < 1.29 is 14.3 Å². The molecule has 9 heteroatoms. The number of thiazole rings is 1. The molecule has 1 aliphatic rings. The largest absolute Gasteiger partial charge is 0.469 e. The summed E-state index contributed by atoms with van der Waals surface area (Å²) in [6.45, 7) is 0. The van der Waals surface area contributed by atoms with E-state index < -0.39 is 0 Å². The molecule has 1 amide bonds. The smallest absolute Gasteiger partial charge is 0.306 e. The Balaban J connectivity index is 1.47. The van der Waals surface area contributed by atoms with E-state index in [1.165, 1.54) is 24.8 Å². The Labute approximate surface area is 165 Å². The highest BCUT2D eigenvalue weighted by Gasteiger charge is 2.38. The lowest BCUT2D eigenvalue weighted by Gasteiger charge is -2.26.